The second-order valence-corrected chi connectivity index (χ2v) is 1.66. The highest BCUT2D eigenvalue weighted by molar-refractivity contribution is 5.80. The van der Waals surface area contributed by atoms with Crippen molar-refractivity contribution in [3.63, 3.8) is 0 Å². The van der Waals surface area contributed by atoms with Crippen molar-refractivity contribution in [3.05, 3.63) is 0 Å². The van der Waals surface area contributed by atoms with E-state index in [1.165, 1.54) is 0 Å². The fraction of sp³-hybridized carbons (Fsp3) is 0.500. The van der Waals surface area contributed by atoms with E-state index in [-0.39, 0.29) is 0 Å². The minimum absolute atomic E-state index is 0.553. The topological polar surface area (TPSA) is 83.6 Å². The Hall–Kier alpha value is -1.33. The molecule has 10 heavy (non-hydrogen) atoms. The maximum Gasteiger partial charge on any atom is 0.343 e. The van der Waals surface area contributed by atoms with Crippen LogP contribution in [0.3, 0.4) is 0 Å². The fourth-order valence-corrected chi connectivity index (χ4v) is 0.288. The number of hydrogen-bond donors (Lipinski definition) is 2. The molecule has 0 radical (unpaired) electrons. The second kappa shape index (κ2) is 3.00. The lowest BCUT2D eigenvalue weighted by Crippen LogP contribution is -2.40. The fourth-order valence-electron chi connectivity index (χ4n) is 0.288. The van der Waals surface area contributed by atoms with Gasteiger partial charge in [0, 0.05) is 0 Å². The van der Waals surface area contributed by atoms with Crippen LogP contribution >= 0.6 is 0 Å². The van der Waals surface area contributed by atoms with Crippen LogP contribution in [0, 0.1) is 0 Å². The number of primary amides is 1. The smallest absolute Gasteiger partial charge is 0.343 e. The summed E-state index contributed by atoms with van der Waals surface area (Å²) in [5, 5.41) is 7.56. The molecule has 0 saturated heterocycles. The summed E-state index contributed by atoms with van der Waals surface area (Å²) in [6.07, 6.45) is 0. The van der Waals surface area contributed by atoms with Gasteiger partial charge in [0.1, 0.15) is 0 Å². The summed E-state index contributed by atoms with van der Waals surface area (Å²) in [5.41, 5.74) is 4.42. The summed E-state index contributed by atoms with van der Waals surface area (Å²) >= 11 is 0. The van der Waals surface area contributed by atoms with Crippen LogP contribution in [0.5, 0.6) is 0 Å². The number of carbonyl (C=O) groups is 2. The summed E-state index contributed by atoms with van der Waals surface area (Å²) in [4.78, 5) is 19.9. The largest absolute Gasteiger partial charge is 0.480 e. The average molecular weight is 150 g/mol. The number of aliphatic carboxylic acids is 1. The van der Waals surface area contributed by atoms with Crippen LogP contribution in [0.25, 0.3) is 0 Å². The Morgan fingerprint density at radius 3 is 2.20 bits per heavy atom. The van der Waals surface area contributed by atoms with E-state index >= 15 is 0 Å². The highest BCUT2D eigenvalue weighted by atomic mass is 19.2. The second-order valence-electron chi connectivity index (χ2n) is 1.66. The van der Waals surface area contributed by atoms with E-state index in [4.69, 9.17) is 5.11 Å². The Labute approximate surface area is 56.2 Å². The van der Waals surface area contributed by atoms with Gasteiger partial charge in [-0.1, -0.05) is 4.48 Å². The van der Waals surface area contributed by atoms with Crippen LogP contribution in [0.4, 0.5) is 9.28 Å². The molecule has 0 spiro atoms. The van der Waals surface area contributed by atoms with Crippen molar-refractivity contribution in [2.45, 2.75) is 13.0 Å². The van der Waals surface area contributed by atoms with Crippen LogP contribution in [-0.4, -0.2) is 28.3 Å². The van der Waals surface area contributed by atoms with E-state index in [1.807, 2.05) is 0 Å². The van der Waals surface area contributed by atoms with Gasteiger partial charge >= 0.3 is 12.0 Å². The quantitative estimate of drug-likeness (QED) is 0.531. The summed E-state index contributed by atoms with van der Waals surface area (Å²) in [7, 11) is 0. The monoisotopic (exact) mass is 150 g/mol. The maximum atomic E-state index is 12.1. The van der Waals surface area contributed by atoms with Crippen molar-refractivity contribution in [2.75, 3.05) is 0 Å². The first-order valence-corrected chi connectivity index (χ1v) is 2.44. The van der Waals surface area contributed by atoms with Gasteiger partial charge in [0.2, 0.25) is 0 Å². The molecule has 0 bridgehead atoms. The average Bonchev–Trinajstić information content (AvgIpc) is 1.84. The lowest BCUT2D eigenvalue weighted by atomic mass is 10.3. The SMILES string of the molecule is CC(C(=O)O)N(F)C(N)=O. The molecule has 58 valence electrons. The number of carbonyl (C=O) groups excluding carboxylic acids is 1. The third kappa shape index (κ3) is 1.88. The molecule has 0 aromatic carbocycles. The molecular weight excluding hydrogens is 143 g/mol. The number of amides is 2. The van der Waals surface area contributed by atoms with E-state index in [0.717, 1.165) is 6.92 Å². The van der Waals surface area contributed by atoms with Crippen molar-refractivity contribution in [3.8, 4) is 0 Å². The van der Waals surface area contributed by atoms with Gasteiger partial charge in [0.05, 0.1) is 0 Å². The molecule has 0 aromatic heterocycles. The Kier molecular flexibility index (Phi) is 2.60. The Bertz CT molecular complexity index is 143. The molecular formula is C4H7FN2O3. The summed E-state index contributed by atoms with van der Waals surface area (Å²) in [5.74, 6) is -1.44. The van der Waals surface area contributed by atoms with Gasteiger partial charge in [-0.15, -0.1) is 5.12 Å². The van der Waals surface area contributed by atoms with Crippen LogP contribution in [0.15, 0.2) is 0 Å². The van der Waals surface area contributed by atoms with Crippen molar-refractivity contribution in [2.24, 2.45) is 5.73 Å². The van der Waals surface area contributed by atoms with Gasteiger partial charge in [0.15, 0.2) is 6.04 Å². The van der Waals surface area contributed by atoms with Gasteiger partial charge < -0.3 is 10.8 Å². The first-order valence-electron chi connectivity index (χ1n) is 2.44. The van der Waals surface area contributed by atoms with E-state index in [0.29, 0.717) is 0 Å². The molecule has 0 fully saturated rings. The molecule has 6 heteroatoms. The Morgan fingerprint density at radius 2 is 2.10 bits per heavy atom. The summed E-state index contributed by atoms with van der Waals surface area (Å²) in [6, 6.07) is -2.94. The molecule has 2 amide bonds. The zero-order chi connectivity index (χ0) is 8.31. The molecule has 0 saturated carbocycles. The highest BCUT2D eigenvalue weighted by Crippen LogP contribution is 1.97. The zero-order valence-corrected chi connectivity index (χ0v) is 5.24. The molecule has 1 unspecified atom stereocenters. The van der Waals surface area contributed by atoms with Crippen molar-refractivity contribution in [1.82, 2.24) is 5.12 Å². The minimum atomic E-state index is -1.53. The zero-order valence-electron chi connectivity index (χ0n) is 5.24. The van der Waals surface area contributed by atoms with Crippen LogP contribution in [0.1, 0.15) is 6.92 Å². The summed E-state index contributed by atoms with van der Waals surface area (Å²) in [6.45, 7) is 1.01. The number of carboxylic acids is 1. The molecule has 0 aliphatic rings. The molecule has 0 rings (SSSR count). The number of rotatable bonds is 2. The predicted octanol–water partition coefficient (Wildman–Crippen LogP) is -0.275. The summed E-state index contributed by atoms with van der Waals surface area (Å²) < 4.78 is 12.1. The van der Waals surface area contributed by atoms with Gasteiger partial charge in [-0.25, -0.2) is 9.59 Å². The highest BCUT2D eigenvalue weighted by Gasteiger charge is 2.23. The standard InChI is InChI=1S/C4H7FN2O3/c1-2(3(8)9)7(5)4(6)10/h2H,1H3,(H2,6,10)(H,8,9). The van der Waals surface area contributed by atoms with Crippen LogP contribution in [0.2, 0.25) is 0 Å². The first kappa shape index (κ1) is 8.67. The van der Waals surface area contributed by atoms with E-state index < -0.39 is 23.2 Å². The Balaban J connectivity index is 4.07. The van der Waals surface area contributed by atoms with Gasteiger partial charge in [-0.05, 0) is 6.92 Å². The number of carboxylic acid groups (broad SMARTS) is 1. The van der Waals surface area contributed by atoms with Crippen LogP contribution < -0.4 is 5.73 Å². The van der Waals surface area contributed by atoms with Crippen molar-refractivity contribution < 1.29 is 19.2 Å². The predicted molar refractivity (Wildman–Crippen MR) is 29.6 cm³/mol. The molecule has 3 N–H and O–H groups in total. The van der Waals surface area contributed by atoms with E-state index in [1.54, 1.807) is 0 Å². The van der Waals surface area contributed by atoms with Gasteiger partial charge in [0.25, 0.3) is 0 Å². The number of nitrogens with two attached hydrogens (primary N) is 1. The van der Waals surface area contributed by atoms with E-state index in [2.05, 4.69) is 5.73 Å². The number of hydrogen-bond acceptors (Lipinski definition) is 2. The van der Waals surface area contributed by atoms with Crippen molar-refractivity contribution >= 4 is 12.0 Å². The molecule has 1 atom stereocenters. The molecule has 0 aliphatic carbocycles. The number of urea groups is 1. The van der Waals surface area contributed by atoms with Crippen molar-refractivity contribution in [1.29, 1.82) is 0 Å². The first-order chi connectivity index (χ1) is 4.46. The third-order valence-corrected chi connectivity index (χ3v) is 0.908. The molecule has 5 nitrogen and oxygen atoms in total. The molecule has 0 aliphatic heterocycles. The Morgan fingerprint density at radius 1 is 1.70 bits per heavy atom. The van der Waals surface area contributed by atoms with Gasteiger partial charge in [-0.3, -0.25) is 0 Å². The normalized spacial score (nSPS) is 12.2. The number of halogens is 1. The molecule has 0 aromatic rings. The lowest BCUT2D eigenvalue weighted by Gasteiger charge is -2.12. The third-order valence-electron chi connectivity index (χ3n) is 0.908. The maximum absolute atomic E-state index is 12.1. The molecule has 0 heterocycles. The van der Waals surface area contributed by atoms with E-state index in [9.17, 15) is 14.1 Å². The minimum Gasteiger partial charge on any atom is -0.480 e. The van der Waals surface area contributed by atoms with Gasteiger partial charge in [-0.2, -0.15) is 0 Å². The lowest BCUT2D eigenvalue weighted by molar-refractivity contribution is -0.146. The van der Waals surface area contributed by atoms with Crippen LogP contribution in [-0.2, 0) is 4.79 Å². The number of nitrogens with zero attached hydrogens (tertiary/aromatic N) is 1.